The molecule has 1 aliphatic heterocycles. The van der Waals surface area contributed by atoms with Crippen LogP contribution in [0, 0.1) is 41.4 Å². The molecule has 1 amide bonds. The molecule has 3 rings (SSSR count). The van der Waals surface area contributed by atoms with Crippen LogP contribution in [0.2, 0.25) is 0 Å². The Morgan fingerprint density at radius 2 is 1.65 bits per heavy atom. The van der Waals surface area contributed by atoms with Gasteiger partial charge >= 0.3 is 0 Å². The maximum atomic E-state index is 14.0. The molecule has 2 aromatic rings. The minimum Gasteiger partial charge on any atom is -0.479 e. The number of halogens is 5. The Morgan fingerprint density at radius 1 is 1.08 bits per heavy atom. The maximum Gasteiger partial charge on any atom is 0.268 e. The zero-order valence-corrected chi connectivity index (χ0v) is 13.2. The van der Waals surface area contributed by atoms with Crippen molar-refractivity contribution in [2.75, 3.05) is 11.4 Å². The molecule has 0 fully saturated rings. The molecule has 0 unspecified atom stereocenters. The first-order valence-corrected chi connectivity index (χ1v) is 7.35. The number of hydrogen-bond acceptors (Lipinski definition) is 2. The number of benzene rings is 2. The average molecular weight is 367 g/mol. The van der Waals surface area contributed by atoms with Crippen LogP contribution >= 0.6 is 0 Å². The molecule has 26 heavy (non-hydrogen) atoms. The predicted octanol–water partition coefficient (Wildman–Crippen LogP) is 3.80. The van der Waals surface area contributed by atoms with Gasteiger partial charge in [0.15, 0.2) is 29.4 Å². The van der Waals surface area contributed by atoms with Crippen molar-refractivity contribution < 1.29 is 31.5 Å². The fraction of sp³-hybridized carbons (Fsp3) is 0.167. The lowest BCUT2D eigenvalue weighted by atomic mass is 10.0. The Morgan fingerprint density at radius 3 is 2.23 bits per heavy atom. The van der Waals surface area contributed by atoms with Crippen LogP contribution in [0.4, 0.5) is 27.6 Å². The fourth-order valence-electron chi connectivity index (χ4n) is 2.68. The molecule has 0 aromatic heterocycles. The van der Waals surface area contributed by atoms with E-state index in [2.05, 4.69) is 5.92 Å². The van der Waals surface area contributed by atoms with Crippen LogP contribution in [0.3, 0.4) is 0 Å². The molecule has 0 spiro atoms. The molecule has 2 aromatic carbocycles. The third-order valence-corrected chi connectivity index (χ3v) is 3.92. The topological polar surface area (TPSA) is 29.5 Å². The monoisotopic (exact) mass is 367 g/mol. The van der Waals surface area contributed by atoms with E-state index >= 15 is 0 Å². The van der Waals surface area contributed by atoms with Gasteiger partial charge in [0.1, 0.15) is 5.75 Å². The van der Waals surface area contributed by atoms with Crippen LogP contribution in [0.1, 0.15) is 6.92 Å². The summed E-state index contributed by atoms with van der Waals surface area (Å²) < 4.78 is 73.6. The summed E-state index contributed by atoms with van der Waals surface area (Å²) in [6.45, 7) is 1.34. The summed E-state index contributed by atoms with van der Waals surface area (Å²) in [6.07, 6.45) is 4.40. The van der Waals surface area contributed by atoms with Crippen molar-refractivity contribution in [3.05, 3.63) is 47.3 Å². The van der Waals surface area contributed by atoms with Gasteiger partial charge in [-0.15, -0.1) is 6.42 Å². The molecule has 0 radical (unpaired) electrons. The quantitative estimate of drug-likeness (QED) is 0.350. The summed E-state index contributed by atoms with van der Waals surface area (Å²) in [7, 11) is 0. The van der Waals surface area contributed by atoms with Gasteiger partial charge in [0.2, 0.25) is 5.82 Å². The number of rotatable bonds is 2. The maximum absolute atomic E-state index is 14.0. The van der Waals surface area contributed by atoms with Gasteiger partial charge in [-0.1, -0.05) is 12.0 Å². The number of terminal acetylenes is 1. The highest BCUT2D eigenvalue weighted by molar-refractivity contribution is 6.00. The molecular weight excluding hydrogens is 357 g/mol. The lowest BCUT2D eigenvalue weighted by Gasteiger charge is -2.32. The van der Waals surface area contributed by atoms with Crippen molar-refractivity contribution in [3.63, 3.8) is 0 Å². The van der Waals surface area contributed by atoms with Gasteiger partial charge < -0.3 is 4.74 Å². The highest BCUT2D eigenvalue weighted by Gasteiger charge is 2.33. The fourth-order valence-corrected chi connectivity index (χ4v) is 2.68. The van der Waals surface area contributed by atoms with E-state index in [0.29, 0.717) is 0 Å². The van der Waals surface area contributed by atoms with Gasteiger partial charge in [0.05, 0.1) is 17.8 Å². The number of amides is 1. The lowest BCUT2D eigenvalue weighted by molar-refractivity contribution is -0.125. The molecule has 1 atom stereocenters. The molecule has 1 aliphatic rings. The standard InChI is InChI=1S/C18H10F5NO2/c1-3-6-24-10-7-9(4-5-11(10)26-8(2)18(24)25)12-13(19)15(21)17(23)16(22)14(12)20/h1,4-5,7-8H,6H2,2H3/t8-/m1/s1. The van der Waals surface area contributed by atoms with Crippen molar-refractivity contribution in [3.8, 4) is 29.2 Å². The molecule has 1 heterocycles. The zero-order valence-electron chi connectivity index (χ0n) is 13.2. The highest BCUT2D eigenvalue weighted by atomic mass is 19.2. The second kappa shape index (κ2) is 6.33. The molecular formula is C18H10F5NO2. The second-order valence-electron chi connectivity index (χ2n) is 5.52. The number of carbonyl (C=O) groups is 1. The summed E-state index contributed by atoms with van der Waals surface area (Å²) >= 11 is 0. The molecule has 0 aliphatic carbocycles. The highest BCUT2D eigenvalue weighted by Crippen LogP contribution is 2.39. The largest absolute Gasteiger partial charge is 0.479 e. The Kier molecular flexibility index (Phi) is 4.32. The van der Waals surface area contributed by atoms with E-state index < -0.39 is 46.7 Å². The van der Waals surface area contributed by atoms with Gasteiger partial charge in [0, 0.05) is 0 Å². The Labute approximate surface area is 145 Å². The number of carbonyl (C=O) groups excluding carboxylic acids is 1. The minimum absolute atomic E-state index is 0.0764. The van der Waals surface area contributed by atoms with Gasteiger partial charge in [-0.2, -0.15) is 0 Å². The number of ether oxygens (including phenoxy) is 1. The SMILES string of the molecule is C#CCN1C(=O)[C@@H](C)Oc2ccc(-c3c(F)c(F)c(F)c(F)c3F)cc21. The van der Waals surface area contributed by atoms with E-state index in [4.69, 9.17) is 11.2 Å². The van der Waals surface area contributed by atoms with Crippen molar-refractivity contribution in [1.82, 2.24) is 0 Å². The zero-order chi connectivity index (χ0) is 19.2. The number of hydrogen-bond donors (Lipinski definition) is 0. The Hall–Kier alpha value is -3.08. The molecule has 3 nitrogen and oxygen atoms in total. The van der Waals surface area contributed by atoms with E-state index in [1.165, 1.54) is 13.0 Å². The molecule has 8 heteroatoms. The van der Waals surface area contributed by atoms with E-state index in [9.17, 15) is 26.7 Å². The number of fused-ring (bicyclic) bond motifs is 1. The smallest absolute Gasteiger partial charge is 0.268 e. The van der Waals surface area contributed by atoms with Crippen molar-refractivity contribution in [2.45, 2.75) is 13.0 Å². The number of anilines is 1. The van der Waals surface area contributed by atoms with Crippen LogP contribution in [-0.2, 0) is 4.79 Å². The van der Waals surface area contributed by atoms with Crippen LogP contribution < -0.4 is 9.64 Å². The Bertz CT molecular complexity index is 938. The molecule has 134 valence electrons. The first-order chi connectivity index (χ1) is 12.3. The summed E-state index contributed by atoms with van der Waals surface area (Å²) in [5, 5.41) is 0. The molecule has 0 saturated carbocycles. The van der Waals surface area contributed by atoms with Crippen molar-refractivity contribution in [1.29, 1.82) is 0 Å². The van der Waals surface area contributed by atoms with Gasteiger partial charge in [-0.25, -0.2) is 22.0 Å². The summed E-state index contributed by atoms with van der Waals surface area (Å²) in [4.78, 5) is 13.3. The second-order valence-corrected chi connectivity index (χ2v) is 5.52. The summed E-state index contributed by atoms with van der Waals surface area (Å²) in [5.41, 5.74) is -1.34. The number of nitrogens with zero attached hydrogens (tertiary/aromatic N) is 1. The van der Waals surface area contributed by atoms with Crippen LogP contribution in [-0.4, -0.2) is 18.6 Å². The van der Waals surface area contributed by atoms with Crippen LogP contribution in [0.5, 0.6) is 5.75 Å². The normalized spacial score (nSPS) is 16.1. The van der Waals surface area contributed by atoms with E-state index in [0.717, 1.165) is 17.0 Å². The predicted molar refractivity (Wildman–Crippen MR) is 82.9 cm³/mol. The van der Waals surface area contributed by atoms with Gasteiger partial charge in [-0.3, -0.25) is 9.69 Å². The first-order valence-electron chi connectivity index (χ1n) is 7.35. The molecule has 0 bridgehead atoms. The van der Waals surface area contributed by atoms with Crippen molar-refractivity contribution in [2.24, 2.45) is 0 Å². The molecule has 0 saturated heterocycles. The third kappa shape index (κ3) is 2.56. The van der Waals surface area contributed by atoms with Crippen LogP contribution in [0.25, 0.3) is 11.1 Å². The van der Waals surface area contributed by atoms with Gasteiger partial charge in [-0.05, 0) is 24.6 Å². The van der Waals surface area contributed by atoms with E-state index in [1.54, 1.807) is 0 Å². The lowest BCUT2D eigenvalue weighted by Crippen LogP contribution is -2.44. The average Bonchev–Trinajstić information content (AvgIpc) is 2.62. The third-order valence-electron chi connectivity index (χ3n) is 3.92. The Balaban J connectivity index is 2.23. The summed E-state index contributed by atoms with van der Waals surface area (Å²) in [6, 6.07) is 3.50. The van der Waals surface area contributed by atoms with E-state index in [1.807, 2.05) is 0 Å². The first kappa shape index (κ1) is 17.7. The summed E-state index contributed by atoms with van der Waals surface area (Å²) in [5.74, 6) is -8.34. The van der Waals surface area contributed by atoms with E-state index in [-0.39, 0.29) is 23.5 Å². The molecule has 0 N–H and O–H groups in total. The van der Waals surface area contributed by atoms with Crippen LogP contribution in [0.15, 0.2) is 18.2 Å². The minimum atomic E-state index is -2.25. The van der Waals surface area contributed by atoms with Crippen molar-refractivity contribution >= 4 is 11.6 Å². The van der Waals surface area contributed by atoms with Gasteiger partial charge in [0.25, 0.3) is 5.91 Å².